The van der Waals surface area contributed by atoms with Gasteiger partial charge in [-0.25, -0.2) is 0 Å². The van der Waals surface area contributed by atoms with E-state index in [0.717, 1.165) is 22.6 Å². The van der Waals surface area contributed by atoms with Gasteiger partial charge in [0.25, 0.3) is 5.91 Å². The van der Waals surface area contributed by atoms with Gasteiger partial charge >= 0.3 is 0 Å². The van der Waals surface area contributed by atoms with Crippen molar-refractivity contribution in [2.24, 2.45) is 0 Å². The highest BCUT2D eigenvalue weighted by molar-refractivity contribution is 5.77. The van der Waals surface area contributed by atoms with Crippen LogP contribution in [0.1, 0.15) is 16.8 Å². The molecule has 0 aliphatic carbocycles. The Labute approximate surface area is 118 Å². The number of benzene rings is 1. The Hall–Kier alpha value is -2.36. The first-order chi connectivity index (χ1) is 9.66. The van der Waals surface area contributed by atoms with Crippen molar-refractivity contribution in [3.63, 3.8) is 0 Å². The van der Waals surface area contributed by atoms with Gasteiger partial charge in [-0.15, -0.1) is 0 Å². The number of carbonyl (C=O) groups is 1. The van der Waals surface area contributed by atoms with Crippen molar-refractivity contribution in [1.82, 2.24) is 10.3 Å². The van der Waals surface area contributed by atoms with Crippen LogP contribution >= 0.6 is 0 Å². The van der Waals surface area contributed by atoms with Gasteiger partial charge in [0.15, 0.2) is 6.61 Å². The minimum atomic E-state index is -0.154. The van der Waals surface area contributed by atoms with Crippen LogP contribution in [0.3, 0.4) is 0 Å². The van der Waals surface area contributed by atoms with Crippen molar-refractivity contribution >= 4 is 5.91 Å². The van der Waals surface area contributed by atoms with Gasteiger partial charge in [0.05, 0.1) is 12.2 Å². The molecule has 1 aromatic carbocycles. The third kappa shape index (κ3) is 3.82. The van der Waals surface area contributed by atoms with E-state index in [-0.39, 0.29) is 12.5 Å². The molecular formula is C16H18N2O2. The fourth-order valence-corrected chi connectivity index (χ4v) is 1.91. The molecule has 0 bridgehead atoms. The highest BCUT2D eigenvalue weighted by atomic mass is 16.5. The topological polar surface area (TPSA) is 51.2 Å². The van der Waals surface area contributed by atoms with E-state index in [1.807, 2.05) is 50.2 Å². The maximum absolute atomic E-state index is 11.7. The number of hydrogen-bond donors (Lipinski definition) is 1. The number of pyridine rings is 1. The lowest BCUT2D eigenvalue weighted by atomic mass is 10.1. The van der Waals surface area contributed by atoms with Gasteiger partial charge in [-0.2, -0.15) is 0 Å². The van der Waals surface area contributed by atoms with Crippen LogP contribution in [0.15, 0.2) is 42.6 Å². The quantitative estimate of drug-likeness (QED) is 0.907. The molecule has 0 unspecified atom stereocenters. The summed E-state index contributed by atoms with van der Waals surface area (Å²) in [6.07, 6.45) is 1.70. The number of carbonyl (C=O) groups excluding carboxylic acids is 1. The number of nitrogens with one attached hydrogen (secondary N) is 1. The highest BCUT2D eigenvalue weighted by Crippen LogP contribution is 2.21. The van der Waals surface area contributed by atoms with E-state index >= 15 is 0 Å². The minimum Gasteiger partial charge on any atom is -0.483 e. The van der Waals surface area contributed by atoms with E-state index in [0.29, 0.717) is 6.54 Å². The zero-order valence-electron chi connectivity index (χ0n) is 11.7. The fourth-order valence-electron chi connectivity index (χ4n) is 1.91. The summed E-state index contributed by atoms with van der Waals surface area (Å²) in [6, 6.07) is 11.5. The number of aromatic nitrogens is 1. The molecule has 4 heteroatoms. The molecule has 104 valence electrons. The van der Waals surface area contributed by atoms with Gasteiger partial charge in [0, 0.05) is 6.20 Å². The Morgan fingerprint density at radius 1 is 1.15 bits per heavy atom. The summed E-state index contributed by atoms with van der Waals surface area (Å²) in [5.41, 5.74) is 2.89. The van der Waals surface area contributed by atoms with E-state index in [9.17, 15) is 4.79 Å². The molecule has 0 atom stereocenters. The lowest BCUT2D eigenvalue weighted by Crippen LogP contribution is -2.28. The summed E-state index contributed by atoms with van der Waals surface area (Å²) in [4.78, 5) is 15.9. The molecule has 0 saturated carbocycles. The second kappa shape index (κ2) is 6.70. The predicted octanol–water partition coefficient (Wildman–Crippen LogP) is 2.39. The first-order valence-corrected chi connectivity index (χ1v) is 6.52. The smallest absolute Gasteiger partial charge is 0.258 e. The largest absolute Gasteiger partial charge is 0.483 e. The Bertz CT molecular complexity index is 562. The molecule has 2 aromatic rings. The van der Waals surface area contributed by atoms with Crippen LogP contribution in [-0.4, -0.2) is 17.5 Å². The summed E-state index contributed by atoms with van der Waals surface area (Å²) in [5.74, 6) is 0.624. The van der Waals surface area contributed by atoms with Crippen LogP contribution in [0.25, 0.3) is 0 Å². The van der Waals surface area contributed by atoms with Gasteiger partial charge in [-0.1, -0.05) is 24.3 Å². The van der Waals surface area contributed by atoms with Crippen molar-refractivity contribution in [3.05, 3.63) is 59.4 Å². The third-order valence-corrected chi connectivity index (χ3v) is 2.95. The zero-order chi connectivity index (χ0) is 14.4. The first kappa shape index (κ1) is 14.1. The Morgan fingerprint density at radius 3 is 2.55 bits per heavy atom. The van der Waals surface area contributed by atoms with Gasteiger partial charge in [-0.05, 0) is 37.1 Å². The van der Waals surface area contributed by atoms with E-state index in [2.05, 4.69) is 10.3 Å². The lowest BCUT2D eigenvalue weighted by molar-refractivity contribution is -0.123. The molecule has 1 N–H and O–H groups in total. The highest BCUT2D eigenvalue weighted by Gasteiger charge is 2.07. The molecule has 0 saturated heterocycles. The Morgan fingerprint density at radius 2 is 1.90 bits per heavy atom. The minimum absolute atomic E-state index is 0.0124. The SMILES string of the molecule is Cc1cccc(C)c1OCC(=O)NCc1ccccn1. The number of rotatable bonds is 5. The van der Waals surface area contributed by atoms with Crippen LogP contribution in [0.5, 0.6) is 5.75 Å². The summed E-state index contributed by atoms with van der Waals surface area (Å²) in [5, 5.41) is 2.78. The second-order valence-corrected chi connectivity index (χ2v) is 4.61. The van der Waals surface area contributed by atoms with Gasteiger partial charge in [-0.3, -0.25) is 9.78 Å². The molecule has 0 spiro atoms. The average molecular weight is 270 g/mol. The molecule has 2 rings (SSSR count). The predicted molar refractivity (Wildman–Crippen MR) is 77.5 cm³/mol. The molecule has 0 aliphatic heterocycles. The Kier molecular flexibility index (Phi) is 4.71. The molecule has 1 amide bonds. The zero-order valence-corrected chi connectivity index (χ0v) is 11.7. The van der Waals surface area contributed by atoms with Gasteiger partial charge in [0.1, 0.15) is 5.75 Å². The molecule has 0 aliphatic rings. The number of amides is 1. The van der Waals surface area contributed by atoms with E-state index in [4.69, 9.17) is 4.74 Å². The van der Waals surface area contributed by atoms with E-state index < -0.39 is 0 Å². The second-order valence-electron chi connectivity index (χ2n) is 4.61. The number of hydrogen-bond acceptors (Lipinski definition) is 3. The van der Waals surface area contributed by atoms with Crippen molar-refractivity contribution in [1.29, 1.82) is 0 Å². The third-order valence-electron chi connectivity index (χ3n) is 2.95. The van der Waals surface area contributed by atoms with Crippen LogP contribution in [0.2, 0.25) is 0 Å². The molecule has 1 heterocycles. The Balaban J connectivity index is 1.84. The standard InChI is InChI=1S/C16H18N2O2/c1-12-6-5-7-13(2)16(12)20-11-15(19)18-10-14-8-3-4-9-17-14/h3-9H,10-11H2,1-2H3,(H,18,19). The van der Waals surface area contributed by atoms with Crippen molar-refractivity contribution in [2.45, 2.75) is 20.4 Å². The normalized spacial score (nSPS) is 10.1. The average Bonchev–Trinajstić information content (AvgIpc) is 2.46. The van der Waals surface area contributed by atoms with E-state index in [1.54, 1.807) is 6.20 Å². The van der Waals surface area contributed by atoms with Crippen molar-refractivity contribution < 1.29 is 9.53 Å². The van der Waals surface area contributed by atoms with Gasteiger partial charge in [0.2, 0.25) is 0 Å². The van der Waals surface area contributed by atoms with Crippen molar-refractivity contribution in [2.75, 3.05) is 6.61 Å². The first-order valence-electron chi connectivity index (χ1n) is 6.52. The number of para-hydroxylation sites is 1. The summed E-state index contributed by atoms with van der Waals surface area (Å²) in [7, 11) is 0. The number of nitrogens with zero attached hydrogens (tertiary/aromatic N) is 1. The summed E-state index contributed by atoms with van der Waals surface area (Å²) >= 11 is 0. The van der Waals surface area contributed by atoms with Crippen molar-refractivity contribution in [3.8, 4) is 5.75 Å². The summed E-state index contributed by atoms with van der Waals surface area (Å²) in [6.45, 7) is 4.36. The monoisotopic (exact) mass is 270 g/mol. The van der Waals surface area contributed by atoms with Crippen LogP contribution in [0.4, 0.5) is 0 Å². The van der Waals surface area contributed by atoms with Crippen LogP contribution < -0.4 is 10.1 Å². The van der Waals surface area contributed by atoms with Gasteiger partial charge < -0.3 is 10.1 Å². The molecular weight excluding hydrogens is 252 g/mol. The molecule has 0 radical (unpaired) electrons. The lowest BCUT2D eigenvalue weighted by Gasteiger charge is -2.11. The number of aryl methyl sites for hydroxylation is 2. The van der Waals surface area contributed by atoms with Crippen LogP contribution in [0, 0.1) is 13.8 Å². The van der Waals surface area contributed by atoms with Crippen LogP contribution in [-0.2, 0) is 11.3 Å². The van der Waals surface area contributed by atoms with E-state index in [1.165, 1.54) is 0 Å². The summed E-state index contributed by atoms with van der Waals surface area (Å²) < 4.78 is 5.59. The molecule has 20 heavy (non-hydrogen) atoms. The molecule has 0 fully saturated rings. The maximum atomic E-state index is 11.7. The maximum Gasteiger partial charge on any atom is 0.258 e. The number of ether oxygens (including phenoxy) is 1. The fraction of sp³-hybridized carbons (Fsp3) is 0.250. The molecule has 4 nitrogen and oxygen atoms in total. The molecule has 1 aromatic heterocycles.